The number of benzene rings is 1. The first-order chi connectivity index (χ1) is 10.2. The van der Waals surface area contributed by atoms with Gasteiger partial charge in [0.05, 0.1) is 22.1 Å². The molecule has 1 unspecified atom stereocenters. The topological polar surface area (TPSA) is 44.8 Å². The van der Waals surface area contributed by atoms with Crippen LogP contribution in [0, 0.1) is 0 Å². The molecule has 0 aliphatic carbocycles. The van der Waals surface area contributed by atoms with Crippen molar-refractivity contribution in [1.29, 1.82) is 0 Å². The standard InChI is InChI=1S/C15H19ClO4S/c1-3-10-7-13(17)11-8-12(16)15(9-14(11)20-10)21-19-6-4-5-18-2/h8-10H,3-7H2,1-2H3. The van der Waals surface area contributed by atoms with E-state index in [-0.39, 0.29) is 11.9 Å². The molecule has 0 radical (unpaired) electrons. The monoisotopic (exact) mass is 330 g/mol. The number of carbonyl (C=O) groups excluding carboxylic acids is 1. The zero-order valence-corrected chi connectivity index (χ0v) is 13.8. The quantitative estimate of drug-likeness (QED) is 0.555. The van der Waals surface area contributed by atoms with E-state index in [1.807, 2.05) is 6.92 Å². The van der Waals surface area contributed by atoms with Gasteiger partial charge in [-0.15, -0.1) is 0 Å². The second-order valence-corrected chi connectivity index (χ2v) is 6.06. The van der Waals surface area contributed by atoms with Crippen molar-refractivity contribution in [3.8, 4) is 5.75 Å². The van der Waals surface area contributed by atoms with E-state index in [1.54, 1.807) is 19.2 Å². The molecule has 0 bridgehead atoms. The summed E-state index contributed by atoms with van der Waals surface area (Å²) in [4.78, 5) is 12.8. The fraction of sp³-hybridized carbons (Fsp3) is 0.533. The molecule has 1 aliphatic rings. The zero-order valence-electron chi connectivity index (χ0n) is 12.2. The van der Waals surface area contributed by atoms with E-state index >= 15 is 0 Å². The van der Waals surface area contributed by atoms with Crippen molar-refractivity contribution in [3.05, 3.63) is 22.7 Å². The Kier molecular flexibility index (Phi) is 6.36. The smallest absolute Gasteiger partial charge is 0.170 e. The van der Waals surface area contributed by atoms with E-state index in [9.17, 15) is 4.79 Å². The summed E-state index contributed by atoms with van der Waals surface area (Å²) in [5, 5.41) is 0.511. The van der Waals surface area contributed by atoms with Crippen LogP contribution in [0.4, 0.5) is 0 Å². The minimum atomic E-state index is -0.0494. The van der Waals surface area contributed by atoms with Gasteiger partial charge in [-0.05, 0) is 25.0 Å². The Bertz CT molecular complexity index is 507. The maximum Gasteiger partial charge on any atom is 0.170 e. The maximum absolute atomic E-state index is 12.1. The van der Waals surface area contributed by atoms with Gasteiger partial charge < -0.3 is 13.7 Å². The Morgan fingerprint density at radius 1 is 1.43 bits per heavy atom. The molecule has 2 rings (SSSR count). The molecular formula is C15H19ClO4S. The van der Waals surface area contributed by atoms with Crippen LogP contribution >= 0.6 is 23.6 Å². The van der Waals surface area contributed by atoms with Crippen LogP contribution in [0.25, 0.3) is 0 Å². The van der Waals surface area contributed by atoms with Gasteiger partial charge in [0, 0.05) is 32.2 Å². The molecule has 4 nitrogen and oxygen atoms in total. The minimum Gasteiger partial charge on any atom is -0.489 e. The number of rotatable bonds is 7. The summed E-state index contributed by atoms with van der Waals surface area (Å²) in [5.41, 5.74) is 0.563. The highest BCUT2D eigenvalue weighted by Crippen LogP contribution is 2.37. The second kappa shape index (κ2) is 8.03. The average Bonchev–Trinajstić information content (AvgIpc) is 2.48. The predicted molar refractivity (Wildman–Crippen MR) is 83.4 cm³/mol. The first-order valence-corrected chi connectivity index (χ1v) is 8.09. The fourth-order valence-electron chi connectivity index (χ4n) is 2.05. The molecule has 0 aromatic heterocycles. The van der Waals surface area contributed by atoms with E-state index in [2.05, 4.69) is 0 Å². The van der Waals surface area contributed by atoms with E-state index < -0.39 is 0 Å². The number of halogens is 1. The lowest BCUT2D eigenvalue weighted by atomic mass is 9.99. The maximum atomic E-state index is 12.1. The molecule has 116 valence electrons. The van der Waals surface area contributed by atoms with Crippen LogP contribution in [-0.4, -0.2) is 32.2 Å². The van der Waals surface area contributed by atoms with Gasteiger partial charge in [-0.25, -0.2) is 0 Å². The Balaban J connectivity index is 2.05. The minimum absolute atomic E-state index is 0.0494. The molecule has 0 saturated heterocycles. The van der Waals surface area contributed by atoms with Crippen molar-refractivity contribution < 1.29 is 18.5 Å². The first kappa shape index (κ1) is 16.6. The number of fused-ring (bicyclic) bond motifs is 1. The molecule has 0 spiro atoms. The van der Waals surface area contributed by atoms with Crippen molar-refractivity contribution in [2.75, 3.05) is 20.3 Å². The third-order valence-corrected chi connectivity index (χ3v) is 4.45. The average molecular weight is 331 g/mol. The molecule has 1 atom stereocenters. The molecule has 0 amide bonds. The van der Waals surface area contributed by atoms with Crippen LogP contribution in [-0.2, 0) is 8.92 Å². The van der Waals surface area contributed by atoms with Gasteiger partial charge in [0.15, 0.2) is 5.78 Å². The molecule has 1 aromatic rings. The second-order valence-electron chi connectivity index (χ2n) is 4.81. The molecule has 0 N–H and O–H groups in total. The number of ketones is 1. The lowest BCUT2D eigenvalue weighted by molar-refractivity contribution is 0.0845. The molecule has 21 heavy (non-hydrogen) atoms. The summed E-state index contributed by atoms with van der Waals surface area (Å²) in [6.07, 6.45) is 1.99. The van der Waals surface area contributed by atoms with E-state index in [0.29, 0.717) is 36.0 Å². The zero-order chi connectivity index (χ0) is 15.2. The van der Waals surface area contributed by atoms with E-state index in [4.69, 9.17) is 25.3 Å². The molecule has 0 saturated carbocycles. The number of hydrogen-bond acceptors (Lipinski definition) is 5. The third kappa shape index (κ3) is 4.36. The Morgan fingerprint density at radius 3 is 2.95 bits per heavy atom. The number of carbonyl (C=O) groups is 1. The molecule has 1 heterocycles. The number of ether oxygens (including phenoxy) is 2. The van der Waals surface area contributed by atoms with E-state index in [0.717, 1.165) is 17.7 Å². The summed E-state index contributed by atoms with van der Waals surface area (Å²) < 4.78 is 16.3. The molecule has 6 heteroatoms. The fourth-order valence-corrected chi connectivity index (χ4v) is 2.93. The van der Waals surface area contributed by atoms with E-state index in [1.165, 1.54) is 12.0 Å². The molecule has 0 fully saturated rings. The highest BCUT2D eigenvalue weighted by atomic mass is 35.5. The van der Waals surface area contributed by atoms with Crippen molar-refractivity contribution in [2.45, 2.75) is 37.2 Å². The highest BCUT2D eigenvalue weighted by Gasteiger charge is 2.26. The molecular weight excluding hydrogens is 312 g/mol. The van der Waals surface area contributed by atoms with Crippen LogP contribution in [0.2, 0.25) is 5.02 Å². The van der Waals surface area contributed by atoms with Gasteiger partial charge >= 0.3 is 0 Å². The van der Waals surface area contributed by atoms with Gasteiger partial charge in [0.1, 0.15) is 11.9 Å². The summed E-state index contributed by atoms with van der Waals surface area (Å²) in [7, 11) is 1.66. The summed E-state index contributed by atoms with van der Waals surface area (Å²) in [6.45, 7) is 3.24. The number of Topliss-reactive ketones (excluding diaryl/α,β-unsaturated/α-hetero) is 1. The largest absolute Gasteiger partial charge is 0.489 e. The van der Waals surface area contributed by atoms with Crippen LogP contribution in [0.15, 0.2) is 17.0 Å². The summed E-state index contributed by atoms with van der Waals surface area (Å²) in [5.74, 6) is 0.688. The Labute approximate surface area is 134 Å². The number of methoxy groups -OCH3 is 1. The van der Waals surface area contributed by atoms with Crippen LogP contribution < -0.4 is 4.74 Å². The summed E-state index contributed by atoms with van der Waals surface area (Å²) in [6, 6.07) is 3.46. The highest BCUT2D eigenvalue weighted by molar-refractivity contribution is 7.94. The molecule has 1 aliphatic heterocycles. The van der Waals surface area contributed by atoms with Gasteiger partial charge in [0.25, 0.3) is 0 Å². The van der Waals surface area contributed by atoms with Crippen molar-refractivity contribution in [1.82, 2.24) is 0 Å². The first-order valence-electron chi connectivity index (χ1n) is 6.97. The summed E-state index contributed by atoms with van der Waals surface area (Å²) >= 11 is 7.41. The van der Waals surface area contributed by atoms with Gasteiger partial charge in [-0.2, -0.15) is 0 Å². The SMILES string of the molecule is CCC1CC(=O)c2cc(Cl)c(SOCCCOC)cc2O1. The van der Waals surface area contributed by atoms with Gasteiger partial charge in [-0.3, -0.25) is 4.79 Å². The van der Waals surface area contributed by atoms with Crippen LogP contribution in [0.1, 0.15) is 36.5 Å². The van der Waals surface area contributed by atoms with Crippen LogP contribution in [0.5, 0.6) is 5.75 Å². The third-order valence-electron chi connectivity index (χ3n) is 3.22. The van der Waals surface area contributed by atoms with Gasteiger partial charge in [0.2, 0.25) is 0 Å². The predicted octanol–water partition coefficient (Wildman–Crippen LogP) is 4.14. The normalized spacial score (nSPS) is 17.5. The van der Waals surface area contributed by atoms with Crippen molar-refractivity contribution >= 4 is 29.4 Å². The lowest BCUT2D eigenvalue weighted by Crippen LogP contribution is -2.26. The number of hydrogen-bond donors (Lipinski definition) is 0. The Hall–Kier alpha value is -0.750. The van der Waals surface area contributed by atoms with Crippen LogP contribution in [0.3, 0.4) is 0 Å². The van der Waals surface area contributed by atoms with Gasteiger partial charge in [-0.1, -0.05) is 18.5 Å². The Morgan fingerprint density at radius 2 is 2.24 bits per heavy atom. The van der Waals surface area contributed by atoms with Crippen molar-refractivity contribution in [3.63, 3.8) is 0 Å². The van der Waals surface area contributed by atoms with Crippen molar-refractivity contribution in [2.24, 2.45) is 0 Å². The lowest BCUT2D eigenvalue weighted by Gasteiger charge is -2.25. The molecule has 1 aromatic carbocycles.